The minimum Gasteiger partial charge on any atom is -0.471 e. The molecule has 1 fully saturated rings. The van der Waals surface area contributed by atoms with Crippen LogP contribution in [0, 0.1) is 11.8 Å². The zero-order valence-electron chi connectivity index (χ0n) is 19.4. The summed E-state index contributed by atoms with van der Waals surface area (Å²) in [4.78, 5) is 14.4. The van der Waals surface area contributed by atoms with E-state index in [1.165, 1.54) is 19.4 Å². The number of aliphatic hydroxyl groups is 5. The van der Waals surface area contributed by atoms with Crippen molar-refractivity contribution in [2.45, 2.75) is 37.0 Å². The average Bonchev–Trinajstić information content (AvgIpc) is 2.87. The van der Waals surface area contributed by atoms with Crippen LogP contribution in [-0.2, 0) is 23.7 Å². The van der Waals surface area contributed by atoms with Crippen LogP contribution in [0.1, 0.15) is 0 Å². The van der Waals surface area contributed by atoms with Gasteiger partial charge in [-0.05, 0) is 17.8 Å². The van der Waals surface area contributed by atoms with Gasteiger partial charge in [-0.25, -0.2) is 4.79 Å². The zero-order valence-corrected chi connectivity index (χ0v) is 19.4. The molecule has 0 amide bonds. The summed E-state index contributed by atoms with van der Waals surface area (Å²) in [5.74, 6) is -1.81. The second-order valence-corrected chi connectivity index (χ2v) is 8.38. The van der Waals surface area contributed by atoms with Gasteiger partial charge in [0.25, 0.3) is 0 Å². The molecule has 11 heteroatoms. The maximum absolute atomic E-state index is 12.4. The number of aliphatic hydroxyl groups excluding tert-OH is 5. The summed E-state index contributed by atoms with van der Waals surface area (Å²) in [6.45, 7) is 4.31. The predicted molar refractivity (Wildman–Crippen MR) is 122 cm³/mol. The van der Waals surface area contributed by atoms with Gasteiger partial charge in [-0.1, -0.05) is 24.3 Å². The van der Waals surface area contributed by atoms with Gasteiger partial charge in [0.2, 0.25) is 6.29 Å². The molecule has 5 N–H and O–H groups in total. The van der Waals surface area contributed by atoms with Crippen molar-refractivity contribution >= 4 is 5.97 Å². The number of hydrogen-bond acceptors (Lipinski definition) is 11. The first-order valence-electron chi connectivity index (χ1n) is 11.3. The van der Waals surface area contributed by atoms with Gasteiger partial charge in [0.15, 0.2) is 6.29 Å². The summed E-state index contributed by atoms with van der Waals surface area (Å²) in [7, 11) is 1.25. The Morgan fingerprint density at radius 2 is 2.00 bits per heavy atom. The molecule has 11 nitrogen and oxygen atoms in total. The topological polar surface area (TPSA) is 158 Å². The minimum absolute atomic E-state index is 0.0199. The van der Waals surface area contributed by atoms with E-state index in [1.807, 2.05) is 29.3 Å². The van der Waals surface area contributed by atoms with Crippen molar-refractivity contribution in [2.24, 2.45) is 11.8 Å². The monoisotopic (exact) mass is 495 g/mol. The molecule has 0 aromatic rings. The Hall–Kier alpha value is -2.51. The summed E-state index contributed by atoms with van der Waals surface area (Å²) >= 11 is 0. The number of rotatable bonds is 9. The largest absolute Gasteiger partial charge is 0.471 e. The Morgan fingerprint density at radius 1 is 1.23 bits per heavy atom. The molecular formula is C24H33NO10. The molecule has 3 rings (SSSR count). The normalized spacial score (nSPS) is 35.3. The maximum Gasteiger partial charge on any atom is 0.337 e. The van der Waals surface area contributed by atoms with E-state index in [0.717, 1.165) is 5.57 Å². The molecule has 0 aromatic carbocycles. The third-order valence-electron chi connectivity index (χ3n) is 6.12. The van der Waals surface area contributed by atoms with Gasteiger partial charge in [-0.2, -0.15) is 0 Å². The lowest BCUT2D eigenvalue weighted by Crippen LogP contribution is -2.60. The summed E-state index contributed by atoms with van der Waals surface area (Å²) in [5.41, 5.74) is 1.16. The van der Waals surface area contributed by atoms with Gasteiger partial charge in [0.05, 0.1) is 38.1 Å². The molecule has 8 atom stereocenters. The molecule has 194 valence electrons. The van der Waals surface area contributed by atoms with E-state index in [0.29, 0.717) is 13.1 Å². The number of carbonyl (C=O) groups is 1. The summed E-state index contributed by atoms with van der Waals surface area (Å²) in [6.07, 6.45) is 3.64. The number of β-amino-alcohol motifs (C(OH)–C–C–N with tert-alkyl or cyclic N) is 1. The van der Waals surface area contributed by atoms with Crippen LogP contribution in [0.2, 0.25) is 0 Å². The molecule has 0 spiro atoms. The van der Waals surface area contributed by atoms with Crippen LogP contribution in [0.15, 0.2) is 60.6 Å². The minimum atomic E-state index is -1.61. The highest BCUT2D eigenvalue weighted by Gasteiger charge is 2.47. The molecule has 35 heavy (non-hydrogen) atoms. The van der Waals surface area contributed by atoms with Crippen LogP contribution in [0.4, 0.5) is 0 Å². The number of ether oxygens (including phenoxy) is 4. The smallest absolute Gasteiger partial charge is 0.337 e. The van der Waals surface area contributed by atoms with E-state index in [1.54, 1.807) is 6.08 Å². The number of carbonyl (C=O) groups excluding carboxylic acids is 1. The van der Waals surface area contributed by atoms with Crippen molar-refractivity contribution in [2.75, 3.05) is 33.4 Å². The van der Waals surface area contributed by atoms with Crippen LogP contribution in [-0.4, -0.2) is 107 Å². The van der Waals surface area contributed by atoms with Gasteiger partial charge in [-0.3, -0.25) is 0 Å². The Bertz CT molecular complexity index is 866. The maximum atomic E-state index is 12.4. The molecular weight excluding hydrogens is 462 g/mol. The van der Waals surface area contributed by atoms with E-state index in [2.05, 4.69) is 6.58 Å². The Morgan fingerprint density at radius 3 is 2.66 bits per heavy atom. The van der Waals surface area contributed by atoms with E-state index in [9.17, 15) is 30.3 Å². The van der Waals surface area contributed by atoms with Crippen LogP contribution >= 0.6 is 0 Å². The number of methoxy groups -OCH3 is 1. The summed E-state index contributed by atoms with van der Waals surface area (Å²) in [6, 6.07) is 0. The lowest BCUT2D eigenvalue weighted by molar-refractivity contribution is -0.338. The molecule has 0 bridgehead atoms. The first-order valence-corrected chi connectivity index (χ1v) is 11.3. The van der Waals surface area contributed by atoms with Crippen LogP contribution in [0.25, 0.3) is 0 Å². The highest BCUT2D eigenvalue weighted by Crippen LogP contribution is 2.36. The molecule has 0 aliphatic carbocycles. The van der Waals surface area contributed by atoms with Crippen molar-refractivity contribution < 1.29 is 49.3 Å². The Balaban J connectivity index is 1.82. The molecule has 0 saturated carbocycles. The van der Waals surface area contributed by atoms with Crippen molar-refractivity contribution in [3.05, 3.63) is 60.6 Å². The van der Waals surface area contributed by atoms with Gasteiger partial charge in [0.1, 0.15) is 24.4 Å². The SMILES string of the molecule is C=C[C@H]1[C@H](O[C@@H]2O[C@H](CO)[C@@H](O)[C@H](O)[C@H]2O)OC=C(C(=O)OC)[C@H]1/C=C/C1=CC=CN(CCO)C1. The summed E-state index contributed by atoms with van der Waals surface area (Å²) in [5, 5.41) is 49.0. The number of nitrogens with zero attached hydrogens (tertiary/aromatic N) is 1. The fraction of sp³-hybridized carbons (Fsp3) is 0.542. The van der Waals surface area contributed by atoms with Crippen LogP contribution < -0.4 is 0 Å². The second-order valence-electron chi connectivity index (χ2n) is 8.38. The van der Waals surface area contributed by atoms with Gasteiger partial charge >= 0.3 is 5.97 Å². The first kappa shape index (κ1) is 27.1. The molecule has 3 heterocycles. The second kappa shape index (κ2) is 12.5. The van der Waals surface area contributed by atoms with E-state index in [4.69, 9.17) is 18.9 Å². The van der Waals surface area contributed by atoms with Gasteiger partial charge in [-0.15, -0.1) is 6.58 Å². The van der Waals surface area contributed by atoms with Gasteiger partial charge in [0, 0.05) is 19.0 Å². The van der Waals surface area contributed by atoms with Crippen molar-refractivity contribution in [1.29, 1.82) is 0 Å². The molecule has 1 saturated heterocycles. The van der Waals surface area contributed by atoms with E-state index in [-0.39, 0.29) is 12.2 Å². The van der Waals surface area contributed by atoms with Crippen LogP contribution in [0.5, 0.6) is 0 Å². The molecule has 0 aromatic heterocycles. The number of allylic oxidation sites excluding steroid dienone is 3. The number of esters is 1. The van der Waals surface area contributed by atoms with Gasteiger partial charge < -0.3 is 49.4 Å². The van der Waals surface area contributed by atoms with Crippen molar-refractivity contribution in [3.63, 3.8) is 0 Å². The lowest BCUT2D eigenvalue weighted by Gasteiger charge is -2.42. The first-order chi connectivity index (χ1) is 16.8. The molecule has 0 radical (unpaired) electrons. The van der Waals surface area contributed by atoms with Crippen LogP contribution in [0.3, 0.4) is 0 Å². The Kier molecular flexibility index (Phi) is 9.63. The van der Waals surface area contributed by atoms with Crippen molar-refractivity contribution in [3.8, 4) is 0 Å². The molecule has 3 aliphatic heterocycles. The summed E-state index contributed by atoms with van der Waals surface area (Å²) < 4.78 is 21.7. The molecule has 3 aliphatic rings. The standard InChI is InChI=1S/C24H33NO10/c1-3-15-16(7-6-14-5-4-8-25(11-14)9-10-26)17(22(31)32-2)13-33-23(15)35-24-21(30)20(29)19(28)18(12-27)34-24/h3-8,13,15-16,18-21,23-24,26-30H,1,9-12H2,2H3/b7-6+/t15-,16+,18-,19-,20+,21-,23+,24+/m1/s1. The quantitative estimate of drug-likeness (QED) is 0.196. The average molecular weight is 496 g/mol. The molecule has 0 unspecified atom stereocenters. The zero-order chi connectivity index (χ0) is 25.5. The Labute approximate surface area is 203 Å². The van der Waals surface area contributed by atoms with E-state index < -0.39 is 61.4 Å². The fourth-order valence-corrected chi connectivity index (χ4v) is 4.16. The van der Waals surface area contributed by atoms with Crippen molar-refractivity contribution in [1.82, 2.24) is 4.90 Å². The fourth-order valence-electron chi connectivity index (χ4n) is 4.16. The highest BCUT2D eigenvalue weighted by atomic mass is 16.8. The lowest BCUT2D eigenvalue weighted by atomic mass is 9.83. The number of hydrogen-bond donors (Lipinski definition) is 5. The van der Waals surface area contributed by atoms with E-state index >= 15 is 0 Å². The highest BCUT2D eigenvalue weighted by molar-refractivity contribution is 5.89. The predicted octanol–water partition coefficient (Wildman–Crippen LogP) is -1.06. The third-order valence-corrected chi connectivity index (χ3v) is 6.12. The third kappa shape index (κ3) is 6.19.